The maximum Gasteiger partial charge on any atom is 0.254 e. The minimum atomic E-state index is -0.226. The highest BCUT2D eigenvalue weighted by atomic mass is 79.9. The third-order valence-electron chi connectivity index (χ3n) is 6.93. The van der Waals surface area contributed by atoms with Crippen LogP contribution < -0.4 is 0 Å². The van der Waals surface area contributed by atoms with Crippen LogP contribution in [-0.2, 0) is 9.59 Å². The zero-order valence-corrected chi connectivity index (χ0v) is 18.9. The van der Waals surface area contributed by atoms with Gasteiger partial charge in [0.2, 0.25) is 0 Å². The van der Waals surface area contributed by atoms with Crippen LogP contribution in [0.5, 0.6) is 0 Å². The van der Waals surface area contributed by atoms with Crippen molar-refractivity contribution in [1.82, 2.24) is 9.58 Å². The van der Waals surface area contributed by atoms with E-state index in [0.717, 1.165) is 45.0 Å². The Kier molecular flexibility index (Phi) is 4.58. The smallest absolute Gasteiger partial charge is 0.254 e. The van der Waals surface area contributed by atoms with E-state index in [2.05, 4.69) is 62.9 Å². The number of hydrazone groups is 1. The van der Waals surface area contributed by atoms with E-state index >= 15 is 0 Å². The van der Waals surface area contributed by atoms with E-state index in [9.17, 15) is 9.59 Å². The molecular formula is C24H24BrN3O2. The summed E-state index contributed by atoms with van der Waals surface area (Å²) < 4.78 is 3.21. The summed E-state index contributed by atoms with van der Waals surface area (Å²) in [5.74, 6) is -0.372. The van der Waals surface area contributed by atoms with Gasteiger partial charge in [0, 0.05) is 27.1 Å². The van der Waals surface area contributed by atoms with Gasteiger partial charge in [-0.3, -0.25) is 9.59 Å². The Morgan fingerprint density at radius 3 is 2.20 bits per heavy atom. The lowest BCUT2D eigenvalue weighted by Gasteiger charge is -2.37. The molecule has 0 unspecified atom stereocenters. The molecule has 6 rings (SSSR count). The third kappa shape index (κ3) is 2.84. The van der Waals surface area contributed by atoms with E-state index in [0.29, 0.717) is 0 Å². The van der Waals surface area contributed by atoms with Gasteiger partial charge in [-0.2, -0.15) is 10.1 Å². The van der Waals surface area contributed by atoms with E-state index in [1.165, 1.54) is 5.56 Å². The average molecular weight is 466 g/mol. The van der Waals surface area contributed by atoms with Gasteiger partial charge in [0.25, 0.3) is 11.8 Å². The van der Waals surface area contributed by atoms with Gasteiger partial charge in [-0.1, -0.05) is 34.1 Å². The molecule has 1 aromatic carbocycles. The Balaban J connectivity index is 1.45. The fourth-order valence-electron chi connectivity index (χ4n) is 5.33. The van der Waals surface area contributed by atoms with Crippen LogP contribution >= 0.6 is 15.9 Å². The van der Waals surface area contributed by atoms with Crippen molar-refractivity contribution in [3.05, 3.63) is 63.4 Å². The lowest BCUT2D eigenvalue weighted by molar-refractivity contribution is -0.140. The second-order valence-electron chi connectivity index (χ2n) is 8.67. The summed E-state index contributed by atoms with van der Waals surface area (Å²) in [7, 11) is 0. The lowest BCUT2D eigenvalue weighted by Crippen LogP contribution is -2.38. The summed E-state index contributed by atoms with van der Waals surface area (Å²) in [6.45, 7) is 6.13. The van der Waals surface area contributed by atoms with E-state index in [1.54, 1.807) is 6.21 Å². The molecule has 1 saturated carbocycles. The van der Waals surface area contributed by atoms with Gasteiger partial charge in [-0.25, -0.2) is 0 Å². The molecule has 0 N–H and O–H groups in total. The molecule has 3 aliphatic carbocycles. The van der Waals surface area contributed by atoms with E-state index in [4.69, 9.17) is 0 Å². The number of aromatic nitrogens is 1. The molecule has 0 spiro atoms. The van der Waals surface area contributed by atoms with E-state index in [1.807, 2.05) is 19.9 Å². The Labute approximate surface area is 184 Å². The molecule has 6 heteroatoms. The normalized spacial score (nSPS) is 27.5. The van der Waals surface area contributed by atoms with Crippen molar-refractivity contribution >= 4 is 34.0 Å². The van der Waals surface area contributed by atoms with Crippen molar-refractivity contribution in [2.24, 2.45) is 28.8 Å². The molecule has 1 saturated heterocycles. The number of carbonyl (C=O) groups is 2. The molecule has 1 aliphatic heterocycles. The van der Waals surface area contributed by atoms with E-state index < -0.39 is 0 Å². The van der Waals surface area contributed by atoms with Crippen molar-refractivity contribution in [1.29, 1.82) is 0 Å². The lowest BCUT2D eigenvalue weighted by atomic mass is 9.63. The molecule has 0 radical (unpaired) electrons. The van der Waals surface area contributed by atoms with Crippen molar-refractivity contribution < 1.29 is 9.59 Å². The Bertz CT molecular complexity index is 1100. The number of imide groups is 1. The van der Waals surface area contributed by atoms with Crippen molar-refractivity contribution in [2.45, 2.75) is 33.6 Å². The number of halogens is 1. The number of hydrogen-bond acceptors (Lipinski definition) is 3. The molecule has 5 nitrogen and oxygen atoms in total. The summed E-state index contributed by atoms with van der Waals surface area (Å²) >= 11 is 3.61. The van der Waals surface area contributed by atoms with Crippen LogP contribution in [0.1, 0.15) is 35.4 Å². The molecular weight excluding hydrogens is 442 g/mol. The third-order valence-corrected chi connectivity index (χ3v) is 7.79. The molecule has 154 valence electrons. The summed E-state index contributed by atoms with van der Waals surface area (Å²) in [5, 5.41) is 5.50. The molecule has 2 bridgehead atoms. The summed E-state index contributed by atoms with van der Waals surface area (Å²) in [6, 6.07) is 8.30. The Morgan fingerprint density at radius 2 is 1.63 bits per heavy atom. The van der Waals surface area contributed by atoms with Gasteiger partial charge in [0.05, 0.1) is 18.1 Å². The highest BCUT2D eigenvalue weighted by molar-refractivity contribution is 9.10. The first-order valence-corrected chi connectivity index (χ1v) is 11.2. The summed E-state index contributed by atoms with van der Waals surface area (Å²) in [5.41, 5.74) is 5.23. The predicted octanol–water partition coefficient (Wildman–Crippen LogP) is 4.70. The van der Waals surface area contributed by atoms with Crippen molar-refractivity contribution in [2.75, 3.05) is 0 Å². The first-order valence-electron chi connectivity index (χ1n) is 10.4. The number of nitrogens with zero attached hydrogens (tertiary/aromatic N) is 3. The highest BCUT2D eigenvalue weighted by Gasteiger charge is 2.56. The molecule has 2 aromatic rings. The fourth-order valence-corrected chi connectivity index (χ4v) is 5.70. The standard InChI is InChI=1S/C24H24BrN3O2/c1-13-4-9-19(11-20(13)25)27-14(2)10-18(15(27)3)12-26-28-23(29)21-16-5-6-17(8-7-16)22(21)24(28)30/h4-6,9-12,16-17,21-22H,7-8H2,1-3H3/b26-12-/t16-,17-,21-,22+/m0/s1. The number of benzene rings is 1. The summed E-state index contributed by atoms with van der Waals surface area (Å²) in [6.07, 6.45) is 7.89. The number of amides is 2. The fraction of sp³-hybridized carbons (Fsp3) is 0.375. The molecule has 4 atom stereocenters. The molecule has 30 heavy (non-hydrogen) atoms. The van der Waals surface area contributed by atoms with Crippen molar-refractivity contribution in [3.63, 3.8) is 0 Å². The molecule has 2 fully saturated rings. The highest BCUT2D eigenvalue weighted by Crippen LogP contribution is 2.49. The van der Waals surface area contributed by atoms with Crippen LogP contribution in [0.3, 0.4) is 0 Å². The van der Waals surface area contributed by atoms with Gasteiger partial charge in [-0.05, 0) is 69.2 Å². The first kappa shape index (κ1) is 19.5. The number of aryl methyl sites for hydroxylation is 2. The average Bonchev–Trinajstić information content (AvgIpc) is 3.17. The van der Waals surface area contributed by atoms with E-state index in [-0.39, 0.29) is 35.5 Å². The summed E-state index contributed by atoms with van der Waals surface area (Å²) in [4.78, 5) is 25.9. The van der Waals surface area contributed by atoms with Crippen LogP contribution in [0.25, 0.3) is 5.69 Å². The van der Waals surface area contributed by atoms with Crippen LogP contribution in [0.15, 0.2) is 46.0 Å². The monoisotopic (exact) mass is 465 g/mol. The molecule has 2 heterocycles. The Hall–Kier alpha value is -2.47. The minimum Gasteiger partial charge on any atom is -0.318 e. The molecule has 2 amide bonds. The number of hydrogen-bond donors (Lipinski definition) is 0. The Morgan fingerprint density at radius 1 is 1.00 bits per heavy atom. The first-order chi connectivity index (χ1) is 14.4. The van der Waals surface area contributed by atoms with Gasteiger partial charge in [0.15, 0.2) is 0 Å². The van der Waals surface area contributed by atoms with Crippen molar-refractivity contribution in [3.8, 4) is 5.69 Å². The van der Waals surface area contributed by atoms with Crippen LogP contribution in [-0.4, -0.2) is 27.6 Å². The second kappa shape index (κ2) is 7.05. The zero-order valence-electron chi connectivity index (χ0n) is 17.3. The van der Waals surface area contributed by atoms with Gasteiger partial charge < -0.3 is 4.57 Å². The quantitative estimate of drug-likeness (QED) is 0.374. The largest absolute Gasteiger partial charge is 0.318 e. The minimum absolute atomic E-state index is 0.142. The van der Waals surface area contributed by atoms with Gasteiger partial charge in [-0.15, -0.1) is 0 Å². The number of allylic oxidation sites excluding steroid dienone is 2. The molecule has 1 aromatic heterocycles. The van der Waals surface area contributed by atoms with Gasteiger partial charge in [0.1, 0.15) is 0 Å². The molecule has 4 aliphatic rings. The van der Waals surface area contributed by atoms with Crippen LogP contribution in [0, 0.1) is 44.4 Å². The zero-order chi connectivity index (χ0) is 21.2. The van der Waals surface area contributed by atoms with Crippen LogP contribution in [0.2, 0.25) is 0 Å². The second-order valence-corrected chi connectivity index (χ2v) is 9.52. The number of rotatable bonds is 3. The number of fused-ring (bicyclic) bond motifs is 1. The SMILES string of the molecule is Cc1ccc(-n2c(C)cc(/C=N\N3C(=O)[C@@H]4[C@H](C3=O)[C@H]3C=C[C@H]4CC3)c2C)cc1Br. The maximum absolute atomic E-state index is 13.0. The maximum atomic E-state index is 13.0. The predicted molar refractivity (Wildman–Crippen MR) is 119 cm³/mol. The van der Waals surface area contributed by atoms with Gasteiger partial charge >= 0.3 is 0 Å². The topological polar surface area (TPSA) is 54.7 Å². The number of carbonyl (C=O) groups excluding carboxylic acids is 2. The van der Waals surface area contributed by atoms with Crippen LogP contribution in [0.4, 0.5) is 0 Å².